The summed E-state index contributed by atoms with van der Waals surface area (Å²) in [7, 11) is 0. The minimum atomic E-state index is -0.257. The molecule has 0 radical (unpaired) electrons. The number of amides is 1. The summed E-state index contributed by atoms with van der Waals surface area (Å²) in [4.78, 5) is 15.4. The van der Waals surface area contributed by atoms with E-state index in [1.54, 1.807) is 29.5 Å². The van der Waals surface area contributed by atoms with Crippen LogP contribution < -0.4 is 5.32 Å². The summed E-state index contributed by atoms with van der Waals surface area (Å²) in [5.41, 5.74) is 0.992. The van der Waals surface area contributed by atoms with Crippen LogP contribution in [-0.2, 0) is 9.53 Å². The molecule has 0 saturated carbocycles. The predicted molar refractivity (Wildman–Crippen MR) is 97.9 cm³/mol. The van der Waals surface area contributed by atoms with Crippen LogP contribution >= 0.6 is 11.3 Å². The van der Waals surface area contributed by atoms with Crippen molar-refractivity contribution < 1.29 is 13.9 Å². The molecule has 2 heterocycles. The third-order valence-electron chi connectivity index (χ3n) is 4.15. The van der Waals surface area contributed by atoms with E-state index in [-0.39, 0.29) is 17.8 Å². The Morgan fingerprint density at radius 2 is 2.04 bits per heavy atom. The lowest BCUT2D eigenvalue weighted by atomic mass is 10.0. The first kappa shape index (κ1) is 17.8. The Bertz CT molecular complexity index is 695. The Morgan fingerprint density at radius 3 is 2.72 bits per heavy atom. The summed E-state index contributed by atoms with van der Waals surface area (Å²) in [6.07, 6.45) is 3.36. The minimum absolute atomic E-state index is 0.00332. The Labute approximate surface area is 150 Å². The van der Waals surface area contributed by atoms with Crippen molar-refractivity contribution in [1.29, 1.82) is 0 Å². The van der Waals surface area contributed by atoms with Crippen LogP contribution in [0.4, 0.5) is 4.39 Å². The van der Waals surface area contributed by atoms with Crippen molar-refractivity contribution in [2.45, 2.75) is 6.04 Å². The third kappa shape index (κ3) is 5.22. The highest BCUT2D eigenvalue weighted by atomic mass is 32.1. The molecule has 2 aromatic rings. The number of hydrogen-bond donors (Lipinski definition) is 1. The number of nitrogens with one attached hydrogen (secondary N) is 1. The molecule has 1 saturated heterocycles. The van der Waals surface area contributed by atoms with Gasteiger partial charge < -0.3 is 10.1 Å². The predicted octanol–water partition coefficient (Wildman–Crippen LogP) is 3.09. The van der Waals surface area contributed by atoms with Crippen molar-refractivity contribution in [1.82, 2.24) is 10.2 Å². The van der Waals surface area contributed by atoms with Gasteiger partial charge in [0.05, 0.1) is 19.3 Å². The molecule has 6 heteroatoms. The van der Waals surface area contributed by atoms with Crippen LogP contribution in [0, 0.1) is 5.82 Å². The van der Waals surface area contributed by atoms with Gasteiger partial charge in [-0.25, -0.2) is 4.39 Å². The number of carbonyl (C=O) groups excluding carboxylic acids is 1. The Morgan fingerprint density at radius 1 is 1.28 bits per heavy atom. The highest BCUT2D eigenvalue weighted by Crippen LogP contribution is 2.21. The molecule has 1 aromatic heterocycles. The Hall–Kier alpha value is -2.02. The number of nitrogens with zero attached hydrogens (tertiary/aromatic N) is 1. The number of benzene rings is 1. The van der Waals surface area contributed by atoms with Crippen LogP contribution in [0.1, 0.15) is 16.5 Å². The summed E-state index contributed by atoms with van der Waals surface area (Å²) in [5, 5.41) is 4.93. The summed E-state index contributed by atoms with van der Waals surface area (Å²) in [6.45, 7) is 3.40. The summed E-state index contributed by atoms with van der Waals surface area (Å²) in [6, 6.07) is 10.4. The average Bonchev–Trinajstić information content (AvgIpc) is 3.16. The maximum Gasteiger partial charge on any atom is 0.244 e. The van der Waals surface area contributed by atoms with Gasteiger partial charge in [0.2, 0.25) is 5.91 Å². The molecule has 0 aliphatic carbocycles. The number of halogens is 1. The van der Waals surface area contributed by atoms with Crippen molar-refractivity contribution in [3.63, 3.8) is 0 Å². The van der Waals surface area contributed by atoms with Crippen LogP contribution in [0.3, 0.4) is 0 Å². The first-order valence-corrected chi connectivity index (χ1v) is 9.17. The number of hydrogen-bond acceptors (Lipinski definition) is 4. The topological polar surface area (TPSA) is 41.6 Å². The van der Waals surface area contributed by atoms with Gasteiger partial charge in [-0.2, -0.15) is 0 Å². The van der Waals surface area contributed by atoms with Gasteiger partial charge in [-0.15, -0.1) is 11.3 Å². The molecule has 0 unspecified atom stereocenters. The summed E-state index contributed by atoms with van der Waals surface area (Å²) >= 11 is 1.59. The van der Waals surface area contributed by atoms with Gasteiger partial charge in [-0.3, -0.25) is 9.69 Å². The number of thiophene rings is 1. The van der Waals surface area contributed by atoms with Crippen LogP contribution in [0.2, 0.25) is 0 Å². The maximum atomic E-state index is 13.2. The molecule has 0 bridgehead atoms. The fourth-order valence-electron chi connectivity index (χ4n) is 2.83. The second-order valence-corrected chi connectivity index (χ2v) is 6.79. The summed E-state index contributed by atoms with van der Waals surface area (Å²) < 4.78 is 18.6. The van der Waals surface area contributed by atoms with Gasteiger partial charge in [0, 0.05) is 30.6 Å². The molecule has 1 amide bonds. The Kier molecular flexibility index (Phi) is 6.33. The molecule has 1 aromatic carbocycles. The van der Waals surface area contributed by atoms with E-state index in [9.17, 15) is 9.18 Å². The van der Waals surface area contributed by atoms with Gasteiger partial charge in [-0.1, -0.05) is 18.2 Å². The zero-order chi connectivity index (χ0) is 17.5. The second kappa shape index (κ2) is 8.89. The standard InChI is InChI=1S/C19H21FN2O2S/c20-16-5-3-15(4-6-16)18(22-9-11-24-12-10-22)14-21-19(23)8-7-17-2-1-13-25-17/h1-8,13,18H,9-12,14H2,(H,21,23)/b8-7+/t18-/m1/s1. The quantitative estimate of drug-likeness (QED) is 0.805. The first-order valence-electron chi connectivity index (χ1n) is 8.29. The average molecular weight is 360 g/mol. The van der Waals surface area contributed by atoms with E-state index in [2.05, 4.69) is 10.2 Å². The van der Waals surface area contributed by atoms with Gasteiger partial charge in [0.1, 0.15) is 5.82 Å². The summed E-state index contributed by atoms with van der Waals surface area (Å²) in [5.74, 6) is -0.388. The molecule has 1 fully saturated rings. The molecule has 4 nitrogen and oxygen atoms in total. The first-order chi connectivity index (χ1) is 12.2. The molecular weight excluding hydrogens is 339 g/mol. The van der Waals surface area contributed by atoms with Crippen molar-refractivity contribution in [2.75, 3.05) is 32.8 Å². The van der Waals surface area contributed by atoms with Crippen LogP contribution in [0.25, 0.3) is 6.08 Å². The molecule has 132 valence electrons. The largest absolute Gasteiger partial charge is 0.379 e. The molecule has 1 aliphatic rings. The maximum absolute atomic E-state index is 13.2. The molecule has 1 aliphatic heterocycles. The van der Waals surface area contributed by atoms with Crippen molar-refractivity contribution >= 4 is 23.3 Å². The van der Waals surface area contributed by atoms with E-state index in [1.807, 2.05) is 23.6 Å². The number of rotatable bonds is 6. The van der Waals surface area contributed by atoms with Crippen LogP contribution in [0.15, 0.2) is 47.9 Å². The van der Waals surface area contributed by atoms with Crippen molar-refractivity contribution in [3.8, 4) is 0 Å². The monoisotopic (exact) mass is 360 g/mol. The highest BCUT2D eigenvalue weighted by molar-refractivity contribution is 7.10. The number of morpholine rings is 1. The molecule has 1 atom stereocenters. The van der Waals surface area contributed by atoms with Crippen LogP contribution in [0.5, 0.6) is 0 Å². The lowest BCUT2D eigenvalue weighted by Gasteiger charge is -2.34. The van der Waals surface area contributed by atoms with E-state index in [0.717, 1.165) is 23.5 Å². The van der Waals surface area contributed by atoms with E-state index < -0.39 is 0 Å². The van der Waals surface area contributed by atoms with E-state index in [0.29, 0.717) is 19.8 Å². The van der Waals surface area contributed by atoms with E-state index in [1.165, 1.54) is 12.1 Å². The van der Waals surface area contributed by atoms with Crippen LogP contribution in [-0.4, -0.2) is 43.7 Å². The molecule has 3 rings (SSSR count). The lowest BCUT2D eigenvalue weighted by Crippen LogP contribution is -2.43. The third-order valence-corrected chi connectivity index (χ3v) is 4.99. The SMILES string of the molecule is O=C(/C=C/c1cccs1)NC[C@H](c1ccc(F)cc1)N1CCOCC1. The van der Waals surface area contributed by atoms with Gasteiger partial charge in [-0.05, 0) is 35.2 Å². The molecule has 25 heavy (non-hydrogen) atoms. The Balaban J connectivity index is 1.64. The van der Waals surface area contributed by atoms with Gasteiger partial charge in [0.15, 0.2) is 0 Å². The second-order valence-electron chi connectivity index (χ2n) is 5.81. The molecule has 1 N–H and O–H groups in total. The smallest absolute Gasteiger partial charge is 0.244 e. The fraction of sp³-hybridized carbons (Fsp3) is 0.316. The highest BCUT2D eigenvalue weighted by Gasteiger charge is 2.23. The zero-order valence-electron chi connectivity index (χ0n) is 13.9. The van der Waals surface area contributed by atoms with Gasteiger partial charge >= 0.3 is 0 Å². The number of carbonyl (C=O) groups is 1. The number of ether oxygens (including phenoxy) is 1. The fourth-order valence-corrected chi connectivity index (χ4v) is 3.45. The lowest BCUT2D eigenvalue weighted by molar-refractivity contribution is -0.116. The normalized spacial score (nSPS) is 16.8. The van der Waals surface area contributed by atoms with Crippen molar-refractivity contribution in [2.24, 2.45) is 0 Å². The van der Waals surface area contributed by atoms with Crippen molar-refractivity contribution in [3.05, 3.63) is 64.1 Å². The molecular formula is C19H21FN2O2S. The minimum Gasteiger partial charge on any atom is -0.379 e. The van der Waals surface area contributed by atoms with E-state index in [4.69, 9.17) is 4.74 Å². The zero-order valence-corrected chi connectivity index (χ0v) is 14.7. The van der Waals surface area contributed by atoms with E-state index >= 15 is 0 Å². The molecule has 0 spiro atoms. The van der Waals surface area contributed by atoms with Gasteiger partial charge in [0.25, 0.3) is 0 Å².